The number of carbonyl (C=O) groups is 1. The van der Waals surface area contributed by atoms with E-state index < -0.39 is 21.2 Å². The molecule has 0 saturated heterocycles. The molecule has 1 unspecified atom stereocenters. The first-order valence-corrected chi connectivity index (χ1v) is 5.44. The third kappa shape index (κ3) is 4.04. The summed E-state index contributed by atoms with van der Waals surface area (Å²) in [6.07, 6.45) is 0. The van der Waals surface area contributed by atoms with Crippen molar-refractivity contribution in [1.82, 2.24) is 0 Å². The second-order valence-electron chi connectivity index (χ2n) is 2.87. The molecule has 0 amide bonds. The van der Waals surface area contributed by atoms with E-state index >= 15 is 0 Å². The fraction of sp³-hybridized carbons (Fsp3) is 0.222. The van der Waals surface area contributed by atoms with E-state index in [2.05, 4.69) is 0 Å². The van der Waals surface area contributed by atoms with Crippen LogP contribution < -0.4 is 29.6 Å². The van der Waals surface area contributed by atoms with E-state index in [1.54, 1.807) is 18.2 Å². The minimum absolute atomic E-state index is 0. The Morgan fingerprint density at radius 2 is 1.73 bits per heavy atom. The first kappa shape index (κ1) is 14.8. The van der Waals surface area contributed by atoms with Crippen LogP contribution in [0.2, 0.25) is 0 Å². The molecule has 0 aliphatic carbocycles. The SMILES string of the molecule is CC(C(=O)c1ccccc1)S(=O)(=O)[O-].[Na+]. The number of hydrogen-bond donors (Lipinski definition) is 0. The predicted molar refractivity (Wildman–Crippen MR) is 49.9 cm³/mol. The third-order valence-corrected chi connectivity index (χ3v) is 2.94. The fourth-order valence-electron chi connectivity index (χ4n) is 0.968. The average molecular weight is 236 g/mol. The summed E-state index contributed by atoms with van der Waals surface area (Å²) < 4.78 is 31.7. The van der Waals surface area contributed by atoms with Crippen molar-refractivity contribution in [1.29, 1.82) is 0 Å². The van der Waals surface area contributed by atoms with E-state index in [-0.39, 0.29) is 35.1 Å². The second kappa shape index (κ2) is 5.77. The standard InChI is InChI=1S/C9H10O4S.Na/c1-7(14(11,12)13)9(10)8-5-3-2-4-6-8;/h2-7H,1H3,(H,11,12,13);/q;+1/p-1. The zero-order valence-corrected chi connectivity index (χ0v) is 11.3. The van der Waals surface area contributed by atoms with Gasteiger partial charge in [-0.3, -0.25) is 4.79 Å². The molecule has 0 heterocycles. The van der Waals surface area contributed by atoms with Gasteiger partial charge in [0.1, 0.15) is 15.4 Å². The number of rotatable bonds is 3. The summed E-state index contributed by atoms with van der Waals surface area (Å²) in [6.45, 7) is 1.09. The molecule has 1 rings (SSSR count). The molecule has 0 saturated carbocycles. The fourth-order valence-corrected chi connectivity index (χ4v) is 1.37. The molecule has 4 nitrogen and oxygen atoms in total. The molecule has 0 spiro atoms. The largest absolute Gasteiger partial charge is 1.00 e. The van der Waals surface area contributed by atoms with Crippen LogP contribution in [0.1, 0.15) is 17.3 Å². The summed E-state index contributed by atoms with van der Waals surface area (Å²) in [5.74, 6) is -0.666. The Labute approximate surface area is 111 Å². The third-order valence-electron chi connectivity index (χ3n) is 1.86. The molecule has 0 aliphatic heterocycles. The molecule has 1 aromatic rings. The van der Waals surface area contributed by atoms with Gasteiger partial charge < -0.3 is 4.55 Å². The summed E-state index contributed by atoms with van der Waals surface area (Å²) in [4.78, 5) is 11.4. The molecule has 0 radical (unpaired) electrons. The maximum atomic E-state index is 11.4. The van der Waals surface area contributed by atoms with Crippen molar-refractivity contribution in [3.63, 3.8) is 0 Å². The molecular formula is C9H9NaO4S. The quantitative estimate of drug-likeness (QED) is 0.339. The van der Waals surface area contributed by atoms with Crippen molar-refractivity contribution in [2.45, 2.75) is 12.2 Å². The molecule has 0 aliphatic rings. The molecule has 0 fully saturated rings. The van der Waals surface area contributed by atoms with Gasteiger partial charge in [0.15, 0.2) is 5.78 Å². The minimum atomic E-state index is -4.55. The Balaban J connectivity index is 0.00000196. The van der Waals surface area contributed by atoms with E-state index in [1.807, 2.05) is 0 Å². The van der Waals surface area contributed by atoms with Gasteiger partial charge in [-0.05, 0) is 6.92 Å². The van der Waals surface area contributed by atoms with E-state index in [0.29, 0.717) is 0 Å². The Bertz CT molecular complexity index is 427. The normalized spacial score (nSPS) is 12.7. The molecule has 0 N–H and O–H groups in total. The number of hydrogen-bond acceptors (Lipinski definition) is 4. The van der Waals surface area contributed by atoms with Crippen molar-refractivity contribution in [3.8, 4) is 0 Å². The minimum Gasteiger partial charge on any atom is -0.747 e. The van der Waals surface area contributed by atoms with Gasteiger partial charge in [0, 0.05) is 5.56 Å². The first-order valence-electron chi connectivity index (χ1n) is 3.97. The van der Waals surface area contributed by atoms with E-state index in [1.165, 1.54) is 12.1 Å². The van der Waals surface area contributed by atoms with Crippen LogP contribution in [0.15, 0.2) is 30.3 Å². The van der Waals surface area contributed by atoms with E-state index in [9.17, 15) is 17.8 Å². The molecular weight excluding hydrogens is 227 g/mol. The maximum Gasteiger partial charge on any atom is 1.00 e. The van der Waals surface area contributed by atoms with Crippen molar-refractivity contribution < 1.29 is 47.3 Å². The van der Waals surface area contributed by atoms with Crippen LogP contribution in [0.5, 0.6) is 0 Å². The molecule has 0 aromatic heterocycles. The Hall–Kier alpha value is -0.200. The van der Waals surface area contributed by atoms with Crippen molar-refractivity contribution in [2.75, 3.05) is 0 Å². The van der Waals surface area contributed by atoms with E-state index in [0.717, 1.165) is 6.92 Å². The van der Waals surface area contributed by atoms with Crippen LogP contribution in [0.3, 0.4) is 0 Å². The Morgan fingerprint density at radius 3 is 2.13 bits per heavy atom. The monoisotopic (exact) mass is 236 g/mol. The van der Waals surface area contributed by atoms with E-state index in [4.69, 9.17) is 0 Å². The molecule has 1 atom stereocenters. The Morgan fingerprint density at radius 1 is 1.27 bits per heavy atom. The summed E-state index contributed by atoms with van der Waals surface area (Å²) >= 11 is 0. The number of Topliss-reactive ketones (excluding diaryl/α,β-unsaturated/α-hetero) is 1. The van der Waals surface area contributed by atoms with Crippen LogP contribution in [0.4, 0.5) is 0 Å². The predicted octanol–water partition coefficient (Wildman–Crippen LogP) is -2.19. The number of ketones is 1. The second-order valence-corrected chi connectivity index (χ2v) is 4.56. The summed E-state index contributed by atoms with van der Waals surface area (Å²) in [6, 6.07) is 7.87. The molecule has 15 heavy (non-hydrogen) atoms. The molecule has 1 aromatic carbocycles. The van der Waals surface area contributed by atoms with Crippen LogP contribution in [-0.2, 0) is 10.1 Å². The van der Waals surface area contributed by atoms with Gasteiger partial charge >= 0.3 is 29.6 Å². The van der Waals surface area contributed by atoms with Gasteiger partial charge in [-0.15, -0.1) is 0 Å². The van der Waals surface area contributed by atoms with Gasteiger partial charge in [0.2, 0.25) is 0 Å². The van der Waals surface area contributed by atoms with Crippen LogP contribution >= 0.6 is 0 Å². The van der Waals surface area contributed by atoms with Gasteiger partial charge in [0.05, 0.1) is 0 Å². The summed E-state index contributed by atoms with van der Waals surface area (Å²) in [7, 11) is -4.55. The topological polar surface area (TPSA) is 74.3 Å². The first-order chi connectivity index (χ1) is 6.43. The van der Waals surface area contributed by atoms with Crippen molar-refractivity contribution in [3.05, 3.63) is 35.9 Å². The Kier molecular flexibility index (Phi) is 5.69. The summed E-state index contributed by atoms with van der Waals surface area (Å²) in [5.41, 5.74) is 0.236. The maximum absolute atomic E-state index is 11.4. The average Bonchev–Trinajstić information content (AvgIpc) is 2.15. The number of benzene rings is 1. The zero-order chi connectivity index (χ0) is 10.8. The smallest absolute Gasteiger partial charge is 0.747 e. The van der Waals surface area contributed by atoms with Crippen LogP contribution in [0.25, 0.3) is 0 Å². The van der Waals surface area contributed by atoms with Gasteiger partial charge in [-0.2, -0.15) is 0 Å². The molecule has 0 bridgehead atoms. The van der Waals surface area contributed by atoms with Crippen molar-refractivity contribution >= 4 is 15.9 Å². The molecule has 6 heteroatoms. The van der Waals surface area contributed by atoms with Gasteiger partial charge in [-0.25, -0.2) is 8.42 Å². The van der Waals surface area contributed by atoms with Gasteiger partial charge in [0.25, 0.3) is 0 Å². The number of carbonyl (C=O) groups excluding carboxylic acids is 1. The molecule has 76 valence electrons. The van der Waals surface area contributed by atoms with Crippen LogP contribution in [-0.4, -0.2) is 24.0 Å². The summed E-state index contributed by atoms with van der Waals surface area (Å²) in [5, 5.41) is -1.52. The van der Waals surface area contributed by atoms with Crippen LogP contribution in [0, 0.1) is 0 Å². The van der Waals surface area contributed by atoms with Gasteiger partial charge in [-0.1, -0.05) is 30.3 Å². The van der Waals surface area contributed by atoms with Crippen molar-refractivity contribution in [2.24, 2.45) is 0 Å². The zero-order valence-electron chi connectivity index (χ0n) is 8.51.